The zero-order chi connectivity index (χ0) is 27.3. The van der Waals surface area contributed by atoms with Crippen LogP contribution in [0, 0.1) is 0 Å². The van der Waals surface area contributed by atoms with E-state index in [9.17, 15) is 14.7 Å². The van der Waals surface area contributed by atoms with Gasteiger partial charge < -0.3 is 25.2 Å². The van der Waals surface area contributed by atoms with Gasteiger partial charge in [-0.25, -0.2) is 9.59 Å². The molecule has 0 aliphatic rings. The number of hydrogen-bond donors (Lipinski definition) is 3. The lowest BCUT2D eigenvalue weighted by molar-refractivity contribution is 0.0864. The average molecular weight is 567 g/mol. The van der Waals surface area contributed by atoms with Crippen LogP contribution in [0.25, 0.3) is 0 Å². The smallest absolute Gasteiger partial charge is 0.407 e. The zero-order valence-corrected chi connectivity index (χ0v) is 22.8. The minimum absolute atomic E-state index is 0.0917. The van der Waals surface area contributed by atoms with Crippen molar-refractivity contribution >= 4 is 34.9 Å². The largest absolute Gasteiger partial charge is 0.444 e. The van der Waals surface area contributed by atoms with Gasteiger partial charge in [0.25, 0.3) is 0 Å². The molecule has 2 heterocycles. The first-order valence-corrected chi connectivity index (χ1v) is 14.2. The molecule has 3 N–H and O–H groups in total. The first-order valence-electron chi connectivity index (χ1n) is 12.4. The Hall–Kier alpha value is -3.80. The number of thiazole rings is 2. The van der Waals surface area contributed by atoms with E-state index in [1.54, 1.807) is 23.4 Å². The first kappa shape index (κ1) is 28.2. The molecule has 4 rings (SSSR count). The van der Waals surface area contributed by atoms with Crippen LogP contribution in [-0.4, -0.2) is 45.4 Å². The van der Waals surface area contributed by atoms with Crippen molar-refractivity contribution in [1.82, 2.24) is 20.6 Å². The lowest BCUT2D eigenvalue weighted by atomic mass is 9.94. The summed E-state index contributed by atoms with van der Waals surface area (Å²) in [5.74, 6) is 0. The van der Waals surface area contributed by atoms with Gasteiger partial charge >= 0.3 is 12.2 Å². The third kappa shape index (κ3) is 9.78. The minimum atomic E-state index is -0.989. The molecule has 204 valence electrons. The van der Waals surface area contributed by atoms with Crippen LogP contribution < -0.4 is 10.6 Å². The van der Waals surface area contributed by atoms with Crippen LogP contribution in [0.2, 0.25) is 0 Å². The van der Waals surface area contributed by atoms with Crippen LogP contribution in [0.1, 0.15) is 27.3 Å². The monoisotopic (exact) mass is 566 g/mol. The van der Waals surface area contributed by atoms with E-state index >= 15 is 0 Å². The van der Waals surface area contributed by atoms with Gasteiger partial charge in [-0.1, -0.05) is 60.7 Å². The summed E-state index contributed by atoms with van der Waals surface area (Å²) < 4.78 is 10.7. The topological polar surface area (TPSA) is 123 Å². The molecule has 2 amide bonds. The number of aromatic nitrogens is 2. The molecule has 2 aromatic carbocycles. The highest BCUT2D eigenvalue weighted by Crippen LogP contribution is 2.15. The van der Waals surface area contributed by atoms with E-state index < -0.39 is 30.4 Å². The predicted molar refractivity (Wildman–Crippen MR) is 149 cm³/mol. The van der Waals surface area contributed by atoms with Crippen molar-refractivity contribution in [2.24, 2.45) is 0 Å². The number of aliphatic hydroxyl groups excluding tert-OH is 1. The minimum Gasteiger partial charge on any atom is -0.444 e. The molecule has 0 aliphatic heterocycles. The van der Waals surface area contributed by atoms with E-state index in [0.717, 1.165) is 20.9 Å². The summed E-state index contributed by atoms with van der Waals surface area (Å²) in [5, 5.41) is 17.0. The zero-order valence-electron chi connectivity index (χ0n) is 21.1. The molecule has 0 spiro atoms. The van der Waals surface area contributed by atoms with Crippen LogP contribution in [0.15, 0.2) is 84.1 Å². The van der Waals surface area contributed by atoms with Gasteiger partial charge in [0.15, 0.2) is 0 Å². The Labute approximate surface area is 234 Å². The second-order valence-corrected chi connectivity index (χ2v) is 10.8. The van der Waals surface area contributed by atoms with Crippen molar-refractivity contribution in [3.05, 3.63) is 105 Å². The lowest BCUT2D eigenvalue weighted by Gasteiger charge is -2.28. The van der Waals surface area contributed by atoms with Gasteiger partial charge in [-0.3, -0.25) is 9.97 Å². The van der Waals surface area contributed by atoms with Crippen molar-refractivity contribution in [2.75, 3.05) is 0 Å². The van der Waals surface area contributed by atoms with Crippen molar-refractivity contribution in [1.29, 1.82) is 0 Å². The molecule has 3 atom stereocenters. The summed E-state index contributed by atoms with van der Waals surface area (Å²) in [4.78, 5) is 34.9. The molecule has 11 heteroatoms. The van der Waals surface area contributed by atoms with Crippen molar-refractivity contribution < 1.29 is 24.2 Å². The summed E-state index contributed by atoms with van der Waals surface area (Å²) in [7, 11) is 0. The van der Waals surface area contributed by atoms with Gasteiger partial charge in [-0.2, -0.15) is 0 Å². The number of hydrogen-bond acceptors (Lipinski definition) is 9. The third-order valence-corrected chi connectivity index (χ3v) is 7.40. The van der Waals surface area contributed by atoms with Crippen LogP contribution in [0.3, 0.4) is 0 Å². The maximum Gasteiger partial charge on any atom is 0.407 e. The third-order valence-electron chi connectivity index (χ3n) is 5.90. The standard InChI is InChI=1S/C28H30N4O5S2/c33-26(25(12-21-9-5-2-6-10-21)32-28(35)37-17-24-15-30-19-39-24)13-22(11-20-7-3-1-4-8-20)31-27(34)36-16-23-14-29-18-38-23/h1-10,14-15,18-19,22,25-26,33H,11-13,16-17H2,(H,31,34)(H,32,35)/t22-,25-,26-/m0/s1. The number of alkyl carbamates (subject to hydrolysis) is 2. The fourth-order valence-corrected chi connectivity index (χ4v) is 5.01. The SMILES string of the molecule is O=C(N[C@@H](Cc1ccccc1)C[C@H](O)[C@H](Cc1ccccc1)NC(=O)OCc1cncs1)OCc1cncs1. The number of aliphatic hydroxyl groups is 1. The molecule has 0 bridgehead atoms. The van der Waals surface area contributed by atoms with Gasteiger partial charge in [0.1, 0.15) is 13.2 Å². The van der Waals surface area contributed by atoms with E-state index in [0.29, 0.717) is 12.8 Å². The Morgan fingerprint density at radius 1 is 0.769 bits per heavy atom. The predicted octanol–water partition coefficient (Wildman–Crippen LogP) is 4.73. The van der Waals surface area contributed by atoms with E-state index in [-0.39, 0.29) is 19.6 Å². The highest BCUT2D eigenvalue weighted by Gasteiger charge is 2.27. The fraction of sp³-hybridized carbons (Fsp3) is 0.286. The number of nitrogens with one attached hydrogen (secondary N) is 2. The van der Waals surface area contributed by atoms with Crippen LogP contribution in [-0.2, 0) is 35.5 Å². The molecule has 2 aromatic heterocycles. The Morgan fingerprint density at radius 2 is 1.28 bits per heavy atom. The van der Waals surface area contributed by atoms with Crippen molar-refractivity contribution in [2.45, 2.75) is 50.7 Å². The number of nitrogens with zero attached hydrogens (tertiary/aromatic N) is 2. The molecule has 0 fully saturated rings. The summed E-state index contributed by atoms with van der Waals surface area (Å²) in [6, 6.07) is 18.1. The first-order chi connectivity index (χ1) is 19.0. The molecular formula is C28H30N4O5S2. The Bertz CT molecular complexity index is 1260. The van der Waals surface area contributed by atoms with E-state index in [4.69, 9.17) is 9.47 Å². The summed E-state index contributed by atoms with van der Waals surface area (Å²) in [6.07, 6.45) is 2.10. The van der Waals surface area contributed by atoms with E-state index in [2.05, 4.69) is 20.6 Å². The van der Waals surface area contributed by atoms with E-state index in [1.165, 1.54) is 22.7 Å². The molecule has 0 saturated heterocycles. The van der Waals surface area contributed by atoms with Gasteiger partial charge in [0.05, 0.1) is 32.9 Å². The van der Waals surface area contributed by atoms with Gasteiger partial charge in [-0.15, -0.1) is 22.7 Å². The molecule has 0 saturated carbocycles. The number of ether oxygens (including phenoxy) is 2. The van der Waals surface area contributed by atoms with Gasteiger partial charge in [0.2, 0.25) is 0 Å². The number of carbonyl (C=O) groups is 2. The Balaban J connectivity index is 1.42. The van der Waals surface area contributed by atoms with Crippen LogP contribution in [0.4, 0.5) is 9.59 Å². The quantitative estimate of drug-likeness (QED) is 0.214. The maximum absolute atomic E-state index is 12.6. The highest BCUT2D eigenvalue weighted by molar-refractivity contribution is 7.09. The number of rotatable bonds is 13. The van der Waals surface area contributed by atoms with Gasteiger partial charge in [0, 0.05) is 18.4 Å². The van der Waals surface area contributed by atoms with Gasteiger partial charge in [-0.05, 0) is 30.4 Å². The Morgan fingerprint density at radius 3 is 1.79 bits per heavy atom. The molecule has 9 nitrogen and oxygen atoms in total. The van der Waals surface area contributed by atoms with Crippen molar-refractivity contribution in [3.8, 4) is 0 Å². The maximum atomic E-state index is 12.6. The second kappa shape index (κ2) is 15.0. The highest BCUT2D eigenvalue weighted by atomic mass is 32.1. The molecule has 0 unspecified atom stereocenters. The number of carbonyl (C=O) groups excluding carboxylic acids is 2. The van der Waals surface area contributed by atoms with Crippen molar-refractivity contribution in [3.63, 3.8) is 0 Å². The molecule has 0 radical (unpaired) electrons. The average Bonchev–Trinajstić information content (AvgIpc) is 3.66. The summed E-state index contributed by atoms with van der Waals surface area (Å²) in [5.41, 5.74) is 5.28. The second-order valence-electron chi connectivity index (χ2n) is 8.86. The summed E-state index contributed by atoms with van der Waals surface area (Å²) >= 11 is 2.79. The molecule has 4 aromatic rings. The van der Waals surface area contributed by atoms with E-state index in [1.807, 2.05) is 60.7 Å². The number of benzene rings is 2. The lowest BCUT2D eigenvalue weighted by Crippen LogP contribution is -2.48. The summed E-state index contributed by atoms with van der Waals surface area (Å²) in [6.45, 7) is 0.204. The van der Waals surface area contributed by atoms with Crippen LogP contribution >= 0.6 is 22.7 Å². The Kier molecular flexibility index (Phi) is 10.8. The van der Waals surface area contributed by atoms with Crippen LogP contribution in [0.5, 0.6) is 0 Å². The molecule has 0 aliphatic carbocycles. The number of amides is 2. The molecule has 39 heavy (non-hydrogen) atoms. The normalized spacial score (nSPS) is 13.2. The molecular weight excluding hydrogens is 536 g/mol. The fourth-order valence-electron chi connectivity index (χ4n) is 4.00.